The quantitative estimate of drug-likeness (QED) is 0.758. The second-order valence-electron chi connectivity index (χ2n) is 8.94. The average Bonchev–Trinajstić information content (AvgIpc) is 3.29. The lowest BCUT2D eigenvalue weighted by Gasteiger charge is -2.23. The number of hydrogen-bond donors (Lipinski definition) is 1. The molecule has 7 heteroatoms. The maximum atomic E-state index is 12.7. The third-order valence-corrected chi connectivity index (χ3v) is 6.61. The van der Waals surface area contributed by atoms with Crippen molar-refractivity contribution in [1.82, 2.24) is 24.8 Å². The Morgan fingerprint density at radius 3 is 2.73 bits per heavy atom. The molecular weight excluding hydrogens is 378 g/mol. The average molecular weight is 412 g/mol. The number of likely N-dealkylation sites (tertiary alicyclic amines) is 1. The van der Waals surface area contributed by atoms with Crippen molar-refractivity contribution in [3.63, 3.8) is 0 Å². The highest BCUT2D eigenvalue weighted by Crippen LogP contribution is 2.38. The van der Waals surface area contributed by atoms with Gasteiger partial charge < -0.3 is 10.2 Å². The van der Waals surface area contributed by atoms with Gasteiger partial charge in [-0.15, -0.1) is 0 Å². The molecule has 2 fully saturated rings. The van der Waals surface area contributed by atoms with Crippen molar-refractivity contribution in [3.05, 3.63) is 28.7 Å². The van der Waals surface area contributed by atoms with Crippen molar-refractivity contribution in [2.45, 2.75) is 84.7 Å². The van der Waals surface area contributed by atoms with Gasteiger partial charge >= 0.3 is 0 Å². The zero-order valence-electron chi connectivity index (χ0n) is 18.6. The molecule has 0 aromatic carbocycles. The Hall–Kier alpha value is -2.44. The first-order valence-electron chi connectivity index (χ1n) is 11.3. The summed E-state index contributed by atoms with van der Waals surface area (Å²) in [6.45, 7) is 8.96. The normalized spacial score (nSPS) is 20.0. The summed E-state index contributed by atoms with van der Waals surface area (Å²) in [4.78, 5) is 31.7. The Labute approximate surface area is 178 Å². The number of amides is 2. The van der Waals surface area contributed by atoms with E-state index >= 15 is 0 Å². The third kappa shape index (κ3) is 4.07. The van der Waals surface area contributed by atoms with Crippen LogP contribution < -0.4 is 5.32 Å². The molecular formula is C23H33N5O2. The molecule has 1 aliphatic heterocycles. The maximum Gasteiger partial charge on any atom is 0.226 e. The minimum absolute atomic E-state index is 0.0595. The van der Waals surface area contributed by atoms with Gasteiger partial charge in [-0.25, -0.2) is 9.50 Å². The van der Waals surface area contributed by atoms with Crippen LogP contribution in [0.5, 0.6) is 0 Å². The molecule has 7 nitrogen and oxygen atoms in total. The summed E-state index contributed by atoms with van der Waals surface area (Å²) in [5.74, 6) is 0.603. The molecule has 2 amide bonds. The molecule has 2 aromatic heterocycles. The van der Waals surface area contributed by atoms with Crippen LogP contribution in [-0.2, 0) is 16.0 Å². The Balaban J connectivity index is 1.55. The topological polar surface area (TPSA) is 79.6 Å². The molecule has 1 aliphatic carbocycles. The van der Waals surface area contributed by atoms with Gasteiger partial charge in [0.1, 0.15) is 0 Å². The highest BCUT2D eigenvalue weighted by Gasteiger charge is 2.39. The van der Waals surface area contributed by atoms with E-state index in [4.69, 9.17) is 10.1 Å². The van der Waals surface area contributed by atoms with Crippen molar-refractivity contribution in [1.29, 1.82) is 0 Å². The first kappa shape index (κ1) is 20.8. The van der Waals surface area contributed by atoms with E-state index in [0.29, 0.717) is 18.7 Å². The Kier molecular flexibility index (Phi) is 5.80. The molecule has 30 heavy (non-hydrogen) atoms. The minimum atomic E-state index is 0.0595. The van der Waals surface area contributed by atoms with E-state index in [0.717, 1.165) is 66.9 Å². The summed E-state index contributed by atoms with van der Waals surface area (Å²) < 4.78 is 1.89. The number of carbonyl (C=O) groups excluding carboxylic acids is 2. The van der Waals surface area contributed by atoms with Crippen LogP contribution in [0.25, 0.3) is 5.65 Å². The molecule has 1 N–H and O–H groups in total. The molecule has 2 atom stereocenters. The van der Waals surface area contributed by atoms with E-state index in [1.165, 1.54) is 0 Å². The monoisotopic (exact) mass is 411 g/mol. The van der Waals surface area contributed by atoms with Crippen molar-refractivity contribution < 1.29 is 9.59 Å². The van der Waals surface area contributed by atoms with E-state index in [-0.39, 0.29) is 23.9 Å². The smallest absolute Gasteiger partial charge is 0.226 e. The molecule has 162 valence electrons. The SMILES string of the molecule is CC[C@H](C)NC(=O)CCc1c(C)nc2cc([C@H]3CCCN3C(=O)C3CC3)nn2c1C. The molecule has 0 spiro atoms. The van der Waals surface area contributed by atoms with Gasteiger partial charge in [-0.3, -0.25) is 9.59 Å². The van der Waals surface area contributed by atoms with Crippen LogP contribution in [0.4, 0.5) is 0 Å². The predicted molar refractivity (Wildman–Crippen MR) is 115 cm³/mol. The fraction of sp³-hybridized carbons (Fsp3) is 0.652. The van der Waals surface area contributed by atoms with E-state index in [9.17, 15) is 9.59 Å². The van der Waals surface area contributed by atoms with Crippen LogP contribution >= 0.6 is 0 Å². The Bertz CT molecular complexity index is 962. The van der Waals surface area contributed by atoms with E-state index in [1.807, 2.05) is 36.3 Å². The third-order valence-electron chi connectivity index (χ3n) is 6.61. The summed E-state index contributed by atoms with van der Waals surface area (Å²) in [6.07, 6.45) is 6.06. The van der Waals surface area contributed by atoms with Gasteiger partial charge in [0.25, 0.3) is 0 Å². The lowest BCUT2D eigenvalue weighted by molar-refractivity contribution is -0.133. The van der Waals surface area contributed by atoms with Gasteiger partial charge in [0.05, 0.1) is 11.7 Å². The highest BCUT2D eigenvalue weighted by atomic mass is 16.2. The molecule has 4 rings (SSSR count). The molecule has 1 saturated heterocycles. The molecule has 2 aromatic rings. The van der Waals surface area contributed by atoms with E-state index < -0.39 is 0 Å². The lowest BCUT2D eigenvalue weighted by atomic mass is 10.1. The number of hydrogen-bond acceptors (Lipinski definition) is 4. The largest absolute Gasteiger partial charge is 0.354 e. The number of fused-ring (bicyclic) bond motifs is 1. The van der Waals surface area contributed by atoms with Crippen molar-refractivity contribution >= 4 is 17.5 Å². The predicted octanol–water partition coefficient (Wildman–Crippen LogP) is 3.27. The lowest BCUT2D eigenvalue weighted by Crippen LogP contribution is -2.32. The van der Waals surface area contributed by atoms with Crippen molar-refractivity contribution in [3.8, 4) is 0 Å². The van der Waals surface area contributed by atoms with Gasteiger partial charge in [-0.2, -0.15) is 5.10 Å². The van der Waals surface area contributed by atoms with Gasteiger partial charge in [0.2, 0.25) is 11.8 Å². The van der Waals surface area contributed by atoms with Crippen molar-refractivity contribution in [2.24, 2.45) is 5.92 Å². The Morgan fingerprint density at radius 1 is 1.27 bits per heavy atom. The molecule has 0 bridgehead atoms. The van der Waals surface area contributed by atoms with Crippen LogP contribution in [0.1, 0.15) is 81.1 Å². The van der Waals surface area contributed by atoms with Crippen LogP contribution in [0.15, 0.2) is 6.07 Å². The highest BCUT2D eigenvalue weighted by molar-refractivity contribution is 5.81. The number of aromatic nitrogens is 3. The van der Waals surface area contributed by atoms with E-state index in [2.05, 4.69) is 12.2 Å². The second-order valence-corrected chi connectivity index (χ2v) is 8.94. The van der Waals surface area contributed by atoms with Crippen LogP contribution in [0.2, 0.25) is 0 Å². The number of rotatable bonds is 7. The summed E-state index contributed by atoms with van der Waals surface area (Å²) in [5.41, 5.74) is 4.80. The summed E-state index contributed by atoms with van der Waals surface area (Å²) in [7, 11) is 0. The first-order chi connectivity index (χ1) is 14.4. The summed E-state index contributed by atoms with van der Waals surface area (Å²) >= 11 is 0. The zero-order valence-corrected chi connectivity index (χ0v) is 18.6. The summed E-state index contributed by atoms with van der Waals surface area (Å²) in [6, 6.07) is 2.29. The fourth-order valence-corrected chi connectivity index (χ4v) is 4.46. The van der Waals surface area contributed by atoms with Gasteiger partial charge in [-0.05, 0) is 64.9 Å². The fourth-order valence-electron chi connectivity index (χ4n) is 4.46. The zero-order chi connectivity index (χ0) is 21.4. The van der Waals surface area contributed by atoms with Crippen LogP contribution in [0, 0.1) is 19.8 Å². The molecule has 0 radical (unpaired) electrons. The molecule has 1 saturated carbocycles. The maximum absolute atomic E-state index is 12.7. The van der Waals surface area contributed by atoms with Crippen LogP contribution in [0.3, 0.4) is 0 Å². The Morgan fingerprint density at radius 2 is 2.03 bits per heavy atom. The molecule has 3 heterocycles. The second kappa shape index (κ2) is 8.36. The first-order valence-corrected chi connectivity index (χ1v) is 11.3. The molecule has 2 aliphatic rings. The van der Waals surface area contributed by atoms with Gasteiger partial charge in [0.15, 0.2) is 5.65 Å². The number of nitrogens with one attached hydrogen (secondary N) is 1. The standard InChI is InChI=1S/C23H33N5O2/c1-5-14(2)24-22(29)11-10-18-15(3)25-21-13-19(26-28(21)16(18)4)20-7-6-12-27(20)23(30)17-8-9-17/h13-14,17,20H,5-12H2,1-4H3,(H,24,29)/t14-,20+/m0/s1. The van der Waals surface area contributed by atoms with Gasteiger partial charge in [0, 0.05) is 42.4 Å². The van der Waals surface area contributed by atoms with Gasteiger partial charge in [-0.1, -0.05) is 6.92 Å². The van der Waals surface area contributed by atoms with E-state index in [1.54, 1.807) is 0 Å². The summed E-state index contributed by atoms with van der Waals surface area (Å²) in [5, 5.41) is 7.88. The number of nitrogens with zero attached hydrogens (tertiary/aromatic N) is 4. The number of carbonyl (C=O) groups is 2. The van der Waals surface area contributed by atoms with Crippen molar-refractivity contribution in [2.75, 3.05) is 6.54 Å². The van der Waals surface area contributed by atoms with Crippen LogP contribution in [-0.4, -0.2) is 43.9 Å². The number of aryl methyl sites for hydroxylation is 2. The molecule has 0 unspecified atom stereocenters. The minimum Gasteiger partial charge on any atom is -0.354 e.